The number of hydrogen-bond acceptors (Lipinski definition) is 4. The molecule has 3 nitrogen and oxygen atoms in total. The van der Waals surface area contributed by atoms with E-state index in [0.29, 0.717) is 6.04 Å². The lowest BCUT2D eigenvalue weighted by atomic mass is 10.1. The van der Waals surface area contributed by atoms with Crippen molar-refractivity contribution in [1.82, 2.24) is 15.3 Å². The molecule has 2 rings (SSSR count). The van der Waals surface area contributed by atoms with E-state index in [4.69, 9.17) is 0 Å². The molecule has 0 aliphatic heterocycles. The van der Waals surface area contributed by atoms with Crippen LogP contribution in [0, 0.1) is 6.92 Å². The molecule has 0 aromatic carbocycles. The second kappa shape index (κ2) is 5.91. The second-order valence-corrected chi connectivity index (χ2v) is 6.29. The van der Waals surface area contributed by atoms with Gasteiger partial charge in [0.05, 0.1) is 5.69 Å². The van der Waals surface area contributed by atoms with Crippen molar-refractivity contribution >= 4 is 27.3 Å². The molecule has 2 heterocycles. The number of aromatic nitrogens is 2. The Labute approximate surface area is 120 Å². The van der Waals surface area contributed by atoms with E-state index in [9.17, 15) is 0 Å². The largest absolute Gasteiger partial charge is 0.301 e. The zero-order valence-electron chi connectivity index (χ0n) is 10.6. The predicted octanol–water partition coefficient (Wildman–Crippen LogP) is 3.70. The molecule has 96 valence electrons. The van der Waals surface area contributed by atoms with Gasteiger partial charge in [0.1, 0.15) is 11.0 Å². The molecular formula is C13H16BrN3S. The van der Waals surface area contributed by atoms with Crippen LogP contribution in [0.5, 0.6) is 0 Å². The summed E-state index contributed by atoms with van der Waals surface area (Å²) in [6, 6.07) is 4.49. The Balaban J connectivity index is 2.33. The van der Waals surface area contributed by atoms with Gasteiger partial charge in [0.2, 0.25) is 0 Å². The van der Waals surface area contributed by atoms with E-state index in [1.54, 1.807) is 11.3 Å². The van der Waals surface area contributed by atoms with Gasteiger partial charge in [0.15, 0.2) is 0 Å². The van der Waals surface area contributed by atoms with Gasteiger partial charge in [-0.3, -0.25) is 4.98 Å². The van der Waals surface area contributed by atoms with Crippen molar-refractivity contribution in [3.8, 4) is 0 Å². The summed E-state index contributed by atoms with van der Waals surface area (Å²) in [5.74, 6) is 0. The van der Waals surface area contributed by atoms with Crippen LogP contribution in [-0.2, 0) is 0 Å². The van der Waals surface area contributed by atoms with E-state index in [1.807, 2.05) is 25.3 Å². The number of hydrogen-bond donors (Lipinski definition) is 1. The van der Waals surface area contributed by atoms with Crippen LogP contribution < -0.4 is 5.32 Å². The lowest BCUT2D eigenvalue weighted by Gasteiger charge is -2.18. The van der Waals surface area contributed by atoms with Crippen LogP contribution in [0.4, 0.5) is 0 Å². The number of thiazole rings is 1. The topological polar surface area (TPSA) is 37.8 Å². The van der Waals surface area contributed by atoms with Crippen LogP contribution in [0.25, 0.3) is 0 Å². The van der Waals surface area contributed by atoms with Crippen LogP contribution in [0.1, 0.15) is 36.3 Å². The van der Waals surface area contributed by atoms with E-state index in [1.165, 1.54) is 0 Å². The fraction of sp³-hybridized carbons (Fsp3) is 0.385. The number of nitrogens with zero attached hydrogens (tertiary/aromatic N) is 2. The molecule has 1 atom stereocenters. The normalized spacial score (nSPS) is 12.9. The monoisotopic (exact) mass is 325 g/mol. The average Bonchev–Trinajstić information content (AvgIpc) is 2.74. The number of rotatable bonds is 4. The zero-order chi connectivity index (χ0) is 13.1. The van der Waals surface area contributed by atoms with Gasteiger partial charge in [-0.2, -0.15) is 0 Å². The second-order valence-electron chi connectivity index (χ2n) is 4.48. The first-order valence-corrected chi connectivity index (χ1v) is 7.53. The van der Waals surface area contributed by atoms with Crippen molar-refractivity contribution < 1.29 is 0 Å². The Morgan fingerprint density at radius 2 is 2.11 bits per heavy atom. The lowest BCUT2D eigenvalue weighted by Crippen LogP contribution is -2.29. The summed E-state index contributed by atoms with van der Waals surface area (Å²) in [4.78, 5) is 9.04. The third-order valence-corrected chi connectivity index (χ3v) is 3.93. The van der Waals surface area contributed by atoms with Gasteiger partial charge >= 0.3 is 0 Å². The van der Waals surface area contributed by atoms with Gasteiger partial charge in [0.25, 0.3) is 0 Å². The number of nitrogens with one attached hydrogen (secondary N) is 1. The van der Waals surface area contributed by atoms with Crippen molar-refractivity contribution in [3.63, 3.8) is 0 Å². The van der Waals surface area contributed by atoms with Crippen molar-refractivity contribution in [2.45, 2.75) is 32.9 Å². The highest BCUT2D eigenvalue weighted by Crippen LogP contribution is 2.25. The molecule has 1 unspecified atom stereocenters. The van der Waals surface area contributed by atoms with Crippen molar-refractivity contribution in [2.75, 3.05) is 0 Å². The predicted molar refractivity (Wildman–Crippen MR) is 78.9 cm³/mol. The highest BCUT2D eigenvalue weighted by molar-refractivity contribution is 9.10. The van der Waals surface area contributed by atoms with Crippen LogP contribution >= 0.6 is 27.3 Å². The van der Waals surface area contributed by atoms with Gasteiger partial charge in [0, 0.05) is 27.8 Å². The fourth-order valence-corrected chi connectivity index (χ4v) is 2.78. The molecule has 0 bridgehead atoms. The Bertz CT molecular complexity index is 507. The highest BCUT2D eigenvalue weighted by atomic mass is 79.9. The number of aryl methyl sites for hydroxylation is 1. The molecule has 0 amide bonds. The van der Waals surface area contributed by atoms with Gasteiger partial charge in [-0.1, -0.05) is 0 Å². The van der Waals surface area contributed by atoms with E-state index < -0.39 is 0 Å². The summed E-state index contributed by atoms with van der Waals surface area (Å²) in [6.07, 6.45) is 1.82. The minimum absolute atomic E-state index is 0.0665. The first-order chi connectivity index (χ1) is 8.56. The number of halogens is 1. The van der Waals surface area contributed by atoms with Crippen LogP contribution in [0.2, 0.25) is 0 Å². The van der Waals surface area contributed by atoms with Gasteiger partial charge in [-0.05, 0) is 48.8 Å². The Kier molecular flexibility index (Phi) is 4.48. The third-order valence-electron chi connectivity index (χ3n) is 2.43. The van der Waals surface area contributed by atoms with Crippen LogP contribution in [-0.4, -0.2) is 16.0 Å². The van der Waals surface area contributed by atoms with Crippen LogP contribution in [0.15, 0.2) is 28.2 Å². The summed E-state index contributed by atoms with van der Waals surface area (Å²) < 4.78 is 0.991. The Morgan fingerprint density at radius 1 is 1.33 bits per heavy atom. The molecule has 2 aromatic heterocycles. The molecule has 18 heavy (non-hydrogen) atoms. The highest BCUT2D eigenvalue weighted by Gasteiger charge is 2.19. The SMILES string of the molecule is Cc1csc(C(NC(C)C)c2ccc(Br)cn2)n1. The van der Waals surface area contributed by atoms with Crippen molar-refractivity contribution in [2.24, 2.45) is 0 Å². The Morgan fingerprint density at radius 3 is 2.61 bits per heavy atom. The molecule has 0 saturated carbocycles. The molecule has 2 aromatic rings. The molecule has 1 N–H and O–H groups in total. The minimum atomic E-state index is 0.0665. The van der Waals surface area contributed by atoms with E-state index in [0.717, 1.165) is 20.9 Å². The first-order valence-electron chi connectivity index (χ1n) is 5.86. The average molecular weight is 326 g/mol. The standard InChI is InChI=1S/C13H16BrN3S/c1-8(2)16-12(13-17-9(3)7-18-13)11-5-4-10(14)6-15-11/h4-8,12,16H,1-3H3. The first kappa shape index (κ1) is 13.6. The molecule has 0 spiro atoms. The quantitative estimate of drug-likeness (QED) is 0.931. The molecular weight excluding hydrogens is 310 g/mol. The molecule has 5 heteroatoms. The molecule has 0 aliphatic carbocycles. The van der Waals surface area contributed by atoms with E-state index in [2.05, 4.69) is 50.4 Å². The summed E-state index contributed by atoms with van der Waals surface area (Å²) in [5.41, 5.74) is 2.06. The number of pyridine rings is 1. The van der Waals surface area contributed by atoms with Crippen molar-refractivity contribution in [1.29, 1.82) is 0 Å². The minimum Gasteiger partial charge on any atom is -0.301 e. The summed E-state index contributed by atoms with van der Waals surface area (Å²) >= 11 is 5.08. The molecule has 0 aliphatic rings. The summed E-state index contributed by atoms with van der Waals surface area (Å²) in [6.45, 7) is 6.28. The summed E-state index contributed by atoms with van der Waals surface area (Å²) in [7, 11) is 0. The van der Waals surface area contributed by atoms with E-state index >= 15 is 0 Å². The maximum atomic E-state index is 4.57. The lowest BCUT2D eigenvalue weighted by molar-refractivity contribution is 0.518. The van der Waals surface area contributed by atoms with Crippen LogP contribution in [0.3, 0.4) is 0 Å². The summed E-state index contributed by atoms with van der Waals surface area (Å²) in [5, 5.41) is 6.65. The maximum Gasteiger partial charge on any atom is 0.116 e. The molecule has 0 saturated heterocycles. The van der Waals surface area contributed by atoms with Gasteiger partial charge < -0.3 is 5.32 Å². The third kappa shape index (κ3) is 3.37. The fourth-order valence-electron chi connectivity index (χ4n) is 1.68. The molecule has 0 fully saturated rings. The van der Waals surface area contributed by atoms with E-state index in [-0.39, 0.29) is 6.04 Å². The zero-order valence-corrected chi connectivity index (χ0v) is 13.0. The molecule has 0 radical (unpaired) electrons. The smallest absolute Gasteiger partial charge is 0.116 e. The van der Waals surface area contributed by atoms with Gasteiger partial charge in [-0.25, -0.2) is 4.98 Å². The maximum absolute atomic E-state index is 4.57. The van der Waals surface area contributed by atoms with Gasteiger partial charge in [-0.15, -0.1) is 11.3 Å². The Hall–Kier alpha value is -0.780. The van der Waals surface area contributed by atoms with Crippen molar-refractivity contribution in [3.05, 3.63) is 44.6 Å².